The van der Waals surface area contributed by atoms with Gasteiger partial charge in [-0.2, -0.15) is 0 Å². The van der Waals surface area contributed by atoms with Crippen LogP contribution in [0.2, 0.25) is 0 Å². The maximum absolute atomic E-state index is 12.9. The third kappa shape index (κ3) is 18.8. The number of phosphoric acid groups is 3. The fourth-order valence-corrected chi connectivity index (χ4v) is 14.1. The van der Waals surface area contributed by atoms with Crippen LogP contribution in [0.1, 0.15) is 98.3 Å². The van der Waals surface area contributed by atoms with Crippen molar-refractivity contribution in [2.24, 2.45) is 46.3 Å². The molecule has 18 nitrogen and oxygen atoms in total. The molecule has 4 saturated carbocycles. The smallest absolute Gasteiger partial charge is 0.376 e. The Bertz CT molecular complexity index is 1680. The summed E-state index contributed by atoms with van der Waals surface area (Å²) in [5.74, 6) is 1.77. The number of rotatable bonds is 32. The predicted molar refractivity (Wildman–Crippen MR) is 262 cm³/mol. The van der Waals surface area contributed by atoms with Crippen molar-refractivity contribution in [3.8, 4) is 0 Å². The Morgan fingerprint density at radius 3 is 1.53 bits per heavy atom. The van der Waals surface area contributed by atoms with E-state index in [0.717, 1.165) is 57.8 Å². The van der Waals surface area contributed by atoms with Gasteiger partial charge in [-0.3, -0.25) is 27.1 Å². The van der Waals surface area contributed by atoms with Crippen LogP contribution in [0.15, 0.2) is 0 Å². The third-order valence-electron chi connectivity index (χ3n) is 15.8. The van der Waals surface area contributed by atoms with E-state index in [9.17, 15) is 28.4 Å². The quantitative estimate of drug-likeness (QED) is 0.0336. The molecular formula is C47H97N3O15P3+3. The van der Waals surface area contributed by atoms with Gasteiger partial charge in [-0.1, -0.05) is 53.4 Å². The van der Waals surface area contributed by atoms with Gasteiger partial charge in [0, 0.05) is 5.41 Å². The summed E-state index contributed by atoms with van der Waals surface area (Å²) in [6.07, 6.45) is 10.5. The van der Waals surface area contributed by atoms with Gasteiger partial charge in [0.15, 0.2) is 0 Å². The average molecular weight is 1040 g/mol. The van der Waals surface area contributed by atoms with Crippen molar-refractivity contribution in [2.75, 3.05) is 143 Å². The van der Waals surface area contributed by atoms with Crippen LogP contribution in [-0.2, 0) is 55.0 Å². The van der Waals surface area contributed by atoms with Crippen LogP contribution in [0, 0.1) is 46.3 Å². The van der Waals surface area contributed by atoms with Gasteiger partial charge in [-0.25, -0.2) is 13.7 Å². The van der Waals surface area contributed by atoms with Crippen LogP contribution in [-0.4, -0.2) is 189 Å². The van der Waals surface area contributed by atoms with Crippen molar-refractivity contribution in [1.29, 1.82) is 0 Å². The molecule has 0 aromatic carbocycles. The highest BCUT2D eigenvalue weighted by atomic mass is 31.2. The predicted octanol–water partition coefficient (Wildman–Crippen LogP) is 7.76. The van der Waals surface area contributed by atoms with E-state index in [1.54, 1.807) is 0 Å². The summed E-state index contributed by atoms with van der Waals surface area (Å²) in [5, 5.41) is 0. The molecule has 402 valence electrons. The summed E-state index contributed by atoms with van der Waals surface area (Å²) in [6, 6.07) is 0. The minimum absolute atomic E-state index is 0.0730. The number of unbranched alkanes of at least 4 members (excludes halogenated alkanes) is 2. The number of likely N-dealkylation sites (N-methyl/N-ethyl adjacent to an activating group) is 3. The Morgan fingerprint density at radius 2 is 1.04 bits per heavy atom. The summed E-state index contributed by atoms with van der Waals surface area (Å²) in [4.78, 5) is 31.3. The number of quaternary nitrogens is 3. The van der Waals surface area contributed by atoms with E-state index < -0.39 is 23.5 Å². The first-order chi connectivity index (χ1) is 31.4. The average Bonchev–Trinajstić information content (AvgIpc) is 3.56. The zero-order chi connectivity index (χ0) is 50.8. The van der Waals surface area contributed by atoms with Gasteiger partial charge in [-0.15, -0.1) is 0 Å². The molecule has 0 heterocycles. The molecule has 0 amide bonds. The van der Waals surface area contributed by atoms with Crippen LogP contribution < -0.4 is 0 Å². The summed E-state index contributed by atoms with van der Waals surface area (Å²) in [7, 11) is 5.07. The van der Waals surface area contributed by atoms with Crippen molar-refractivity contribution in [1.82, 2.24) is 0 Å². The second-order valence-corrected chi connectivity index (χ2v) is 28.3. The molecular weight excluding hydrogens is 939 g/mol. The van der Waals surface area contributed by atoms with Gasteiger partial charge in [0.25, 0.3) is 0 Å². The third-order valence-corrected chi connectivity index (χ3v) is 18.8. The van der Waals surface area contributed by atoms with Crippen LogP contribution >= 0.6 is 23.5 Å². The highest BCUT2D eigenvalue weighted by Crippen LogP contribution is 2.69. The molecule has 0 saturated heterocycles. The molecule has 0 aromatic rings. The number of phosphoric ester groups is 3. The highest BCUT2D eigenvalue weighted by Gasteiger charge is 2.66. The second kappa shape index (κ2) is 25.6. The molecule has 0 aliphatic heterocycles. The summed E-state index contributed by atoms with van der Waals surface area (Å²) < 4.78 is 92.4. The van der Waals surface area contributed by atoms with Crippen molar-refractivity contribution < 1.29 is 83.2 Å². The first kappa shape index (κ1) is 60.6. The zero-order valence-electron chi connectivity index (χ0n) is 44.4. The normalized spacial score (nSPS) is 33.2. The Hall–Kier alpha value is 0.0900. The largest absolute Gasteiger partial charge is 0.472 e. The minimum atomic E-state index is -4.29. The molecule has 3 N–H and O–H groups in total. The van der Waals surface area contributed by atoms with Crippen molar-refractivity contribution >= 4 is 23.5 Å². The lowest BCUT2D eigenvalue weighted by Crippen LogP contribution is -2.63. The maximum Gasteiger partial charge on any atom is 0.472 e. The highest BCUT2D eigenvalue weighted by molar-refractivity contribution is 7.47. The Labute approximate surface area is 410 Å². The molecule has 4 rings (SSSR count). The van der Waals surface area contributed by atoms with Gasteiger partial charge < -0.3 is 42.3 Å². The van der Waals surface area contributed by atoms with E-state index in [0.29, 0.717) is 44.9 Å². The molecule has 0 aromatic heterocycles. The minimum Gasteiger partial charge on any atom is -0.376 e. The monoisotopic (exact) mass is 1040 g/mol. The van der Waals surface area contributed by atoms with Gasteiger partial charge >= 0.3 is 23.5 Å². The molecule has 4 fully saturated rings. The molecule has 0 spiro atoms. The number of fused-ring (bicyclic) bond motifs is 5. The van der Waals surface area contributed by atoms with Crippen molar-refractivity contribution in [3.05, 3.63) is 0 Å². The van der Waals surface area contributed by atoms with E-state index in [4.69, 9.17) is 41.4 Å². The Morgan fingerprint density at radius 1 is 0.574 bits per heavy atom. The number of hydrogen-bond acceptors (Lipinski definition) is 12. The fraction of sp³-hybridized carbons (Fsp3) is 1.00. The van der Waals surface area contributed by atoms with E-state index in [2.05, 4.69) is 27.7 Å². The summed E-state index contributed by atoms with van der Waals surface area (Å²) in [5.41, 5.74) is -0.289. The lowest BCUT2D eigenvalue weighted by molar-refractivity contribution is -0.870. The van der Waals surface area contributed by atoms with Gasteiger partial charge in [0.2, 0.25) is 0 Å². The van der Waals surface area contributed by atoms with Crippen LogP contribution in [0.3, 0.4) is 0 Å². The molecule has 4 aliphatic rings. The number of hydrogen-bond donors (Lipinski definition) is 3. The Balaban J connectivity index is 1.55. The van der Waals surface area contributed by atoms with Crippen LogP contribution in [0.5, 0.6) is 0 Å². The fourth-order valence-electron chi connectivity index (χ4n) is 12.0. The number of nitrogens with zero attached hydrogens (tertiary/aromatic N) is 3. The SMILES string of the molecule is CCCCC[C@@H](C)[C@H]1CC[C@H]2[C@@H]3[C@H](OCCOP(=O)(O)OCC[N+](C)(C)C)C[C@@H]4C[C@H](OCCOP(=O)(O)OCC[N+](C)(C)C)CC[C@]4(C)[C@H]3C[C@H](OCCOP(=O)(O)OCC[N+](C)(C)C)[C@]12C. The Kier molecular flexibility index (Phi) is 22.8. The molecule has 21 heteroatoms. The van der Waals surface area contributed by atoms with Gasteiger partial charge in [0.05, 0.1) is 121 Å². The standard InChI is InChI=1S/C47H94N3O15P3/c1-14-15-16-17-37(2)40-18-19-41-45-42(36-44(47(40,41)4)59-30-33-65-68(55,56)62-27-24-50(11,12)13)46(3)21-20-39(57-28-31-63-66(51,52)60-25-22-48(5,6)7)34-38(46)35-43(45)58-29-32-64-67(53,54)61-26-23-49(8,9)10/h37-45H,14-36H2,1-13H3/p+3/t37-,38+,39-,40-,41+,42+,43-,44+,45+,46+,47-/m1/s1. The molecule has 3 unspecified atom stereocenters. The molecule has 0 bridgehead atoms. The van der Waals surface area contributed by atoms with Gasteiger partial charge in [-0.05, 0) is 85.9 Å². The lowest BCUT2D eigenvalue weighted by Gasteiger charge is -2.64. The molecule has 4 aliphatic carbocycles. The molecule has 68 heavy (non-hydrogen) atoms. The van der Waals surface area contributed by atoms with E-state index in [-0.39, 0.29) is 112 Å². The zero-order valence-corrected chi connectivity index (χ0v) is 47.1. The number of ether oxygens (including phenoxy) is 3. The van der Waals surface area contributed by atoms with E-state index in [1.165, 1.54) is 12.8 Å². The second-order valence-electron chi connectivity index (χ2n) is 24.0. The first-order valence-electron chi connectivity index (χ1n) is 25.5. The summed E-state index contributed by atoms with van der Waals surface area (Å²) in [6.45, 7) is 11.6. The van der Waals surface area contributed by atoms with Crippen LogP contribution in [0.4, 0.5) is 0 Å². The van der Waals surface area contributed by atoms with Crippen molar-refractivity contribution in [3.63, 3.8) is 0 Å². The van der Waals surface area contributed by atoms with Gasteiger partial charge in [0.1, 0.15) is 39.5 Å². The van der Waals surface area contributed by atoms with E-state index in [1.807, 2.05) is 63.4 Å². The summed E-state index contributed by atoms with van der Waals surface area (Å²) >= 11 is 0. The first-order valence-corrected chi connectivity index (χ1v) is 30.0. The molecule has 14 atom stereocenters. The lowest BCUT2D eigenvalue weighted by atomic mass is 9.43. The van der Waals surface area contributed by atoms with Crippen molar-refractivity contribution in [2.45, 2.75) is 117 Å². The van der Waals surface area contributed by atoms with Crippen LogP contribution in [0.25, 0.3) is 0 Å². The van der Waals surface area contributed by atoms with E-state index >= 15 is 0 Å². The maximum atomic E-state index is 12.9. The molecule has 0 radical (unpaired) electrons. The topological polar surface area (TPSA) is 195 Å².